The van der Waals surface area contributed by atoms with Crippen LogP contribution in [0.3, 0.4) is 0 Å². The lowest BCUT2D eigenvalue weighted by Crippen LogP contribution is -2.26. The summed E-state index contributed by atoms with van der Waals surface area (Å²) in [6.45, 7) is 2.66. The first-order valence-corrected chi connectivity index (χ1v) is 7.71. The smallest absolute Gasteiger partial charge is 0.259 e. The van der Waals surface area contributed by atoms with Gasteiger partial charge in [-0.3, -0.25) is 0 Å². The molecule has 1 aliphatic rings. The second-order valence-corrected chi connectivity index (χ2v) is 5.70. The summed E-state index contributed by atoms with van der Waals surface area (Å²) in [5.74, 6) is 1.20. The zero-order valence-corrected chi connectivity index (χ0v) is 12.5. The predicted octanol–water partition coefficient (Wildman–Crippen LogP) is 3.19. The Morgan fingerprint density at radius 3 is 3.00 bits per heavy atom. The van der Waals surface area contributed by atoms with Crippen LogP contribution in [0.4, 0.5) is 0 Å². The highest BCUT2D eigenvalue weighted by molar-refractivity contribution is 5.58. The zero-order chi connectivity index (χ0) is 15.0. The number of aromatic nitrogens is 4. The van der Waals surface area contributed by atoms with E-state index in [-0.39, 0.29) is 5.60 Å². The number of hydrogen-bond acceptors (Lipinski definition) is 5. The fourth-order valence-corrected chi connectivity index (χ4v) is 3.22. The molecular weight excluding hydrogens is 280 g/mol. The van der Waals surface area contributed by atoms with Gasteiger partial charge in [-0.2, -0.15) is 4.98 Å². The molecule has 22 heavy (non-hydrogen) atoms. The number of hydrogen-bond donors (Lipinski definition) is 0. The monoisotopic (exact) mass is 298 g/mol. The number of ether oxygens (including phenoxy) is 1. The van der Waals surface area contributed by atoms with E-state index in [4.69, 9.17) is 9.26 Å². The van der Waals surface area contributed by atoms with Crippen molar-refractivity contribution in [3.05, 3.63) is 36.7 Å². The van der Waals surface area contributed by atoms with Crippen LogP contribution in [-0.2, 0) is 10.3 Å². The van der Waals surface area contributed by atoms with E-state index in [1.165, 1.54) is 0 Å². The maximum Gasteiger partial charge on any atom is 0.259 e. The first-order valence-electron chi connectivity index (χ1n) is 7.71. The van der Waals surface area contributed by atoms with E-state index in [1.54, 1.807) is 6.33 Å². The average molecular weight is 298 g/mol. The Hall–Kier alpha value is -2.21. The average Bonchev–Trinajstić information content (AvgIpc) is 3.27. The van der Waals surface area contributed by atoms with Crippen molar-refractivity contribution in [2.45, 2.75) is 38.2 Å². The molecule has 0 saturated heterocycles. The van der Waals surface area contributed by atoms with Crippen molar-refractivity contribution >= 4 is 5.52 Å². The highest BCUT2D eigenvalue weighted by Crippen LogP contribution is 2.41. The van der Waals surface area contributed by atoms with E-state index < -0.39 is 0 Å². The van der Waals surface area contributed by atoms with Crippen LogP contribution < -0.4 is 0 Å². The van der Waals surface area contributed by atoms with Crippen LogP contribution in [-0.4, -0.2) is 26.1 Å². The molecule has 6 heteroatoms. The van der Waals surface area contributed by atoms with Gasteiger partial charge in [0.05, 0.1) is 18.0 Å². The summed E-state index contributed by atoms with van der Waals surface area (Å²) in [7, 11) is 0. The van der Waals surface area contributed by atoms with Gasteiger partial charge < -0.3 is 13.7 Å². The Morgan fingerprint density at radius 2 is 2.18 bits per heavy atom. The van der Waals surface area contributed by atoms with E-state index in [1.807, 2.05) is 35.9 Å². The van der Waals surface area contributed by atoms with Crippen molar-refractivity contribution in [2.24, 2.45) is 0 Å². The molecule has 0 aromatic carbocycles. The lowest BCUT2D eigenvalue weighted by molar-refractivity contribution is -0.0610. The van der Waals surface area contributed by atoms with Gasteiger partial charge in [-0.05, 0) is 44.7 Å². The van der Waals surface area contributed by atoms with Gasteiger partial charge in [-0.25, -0.2) is 4.98 Å². The first kappa shape index (κ1) is 13.5. The molecular formula is C16H18N4O2. The molecule has 1 saturated carbocycles. The van der Waals surface area contributed by atoms with Crippen molar-refractivity contribution in [1.29, 1.82) is 0 Å². The number of rotatable bonds is 4. The summed E-state index contributed by atoms with van der Waals surface area (Å²) in [6.07, 6.45) is 9.70. The Labute approximate surface area is 128 Å². The predicted molar refractivity (Wildman–Crippen MR) is 80.3 cm³/mol. The minimum Gasteiger partial charge on any atom is -0.365 e. The Morgan fingerprint density at radius 1 is 1.32 bits per heavy atom. The summed E-state index contributed by atoms with van der Waals surface area (Å²) < 4.78 is 13.5. The van der Waals surface area contributed by atoms with Gasteiger partial charge in [0.25, 0.3) is 5.89 Å². The van der Waals surface area contributed by atoms with Gasteiger partial charge in [0.1, 0.15) is 5.60 Å². The topological polar surface area (TPSA) is 65.5 Å². The van der Waals surface area contributed by atoms with Gasteiger partial charge in [-0.15, -0.1) is 0 Å². The summed E-state index contributed by atoms with van der Waals surface area (Å²) in [6, 6.07) is 3.97. The first-order chi connectivity index (χ1) is 10.8. The van der Waals surface area contributed by atoms with Crippen LogP contribution in [0.15, 0.2) is 35.4 Å². The van der Waals surface area contributed by atoms with E-state index >= 15 is 0 Å². The third-order valence-electron chi connectivity index (χ3n) is 4.31. The second-order valence-electron chi connectivity index (χ2n) is 5.70. The van der Waals surface area contributed by atoms with Crippen LogP contribution in [0.2, 0.25) is 0 Å². The Balaban J connectivity index is 1.70. The fraction of sp³-hybridized carbons (Fsp3) is 0.438. The maximum absolute atomic E-state index is 5.97. The summed E-state index contributed by atoms with van der Waals surface area (Å²) in [5.41, 5.74) is 1.55. The molecule has 0 amide bonds. The van der Waals surface area contributed by atoms with Gasteiger partial charge >= 0.3 is 0 Å². The van der Waals surface area contributed by atoms with Crippen LogP contribution in [0.25, 0.3) is 16.9 Å². The molecule has 0 N–H and O–H groups in total. The minimum atomic E-state index is -0.390. The largest absolute Gasteiger partial charge is 0.365 e. The summed E-state index contributed by atoms with van der Waals surface area (Å²) >= 11 is 0. The third-order valence-corrected chi connectivity index (χ3v) is 4.31. The van der Waals surface area contributed by atoms with Crippen LogP contribution >= 0.6 is 0 Å². The molecule has 3 aromatic rings. The van der Waals surface area contributed by atoms with Gasteiger partial charge in [-0.1, -0.05) is 5.16 Å². The molecule has 4 rings (SSSR count). The van der Waals surface area contributed by atoms with Gasteiger partial charge in [0.2, 0.25) is 5.82 Å². The highest BCUT2D eigenvalue weighted by atomic mass is 16.5. The highest BCUT2D eigenvalue weighted by Gasteiger charge is 2.41. The SMILES string of the molecule is CCOC1(c2nc(-c3ccc4cncn4c3)no2)CCCC1. The van der Waals surface area contributed by atoms with Gasteiger partial charge in [0, 0.05) is 18.4 Å². The summed E-state index contributed by atoms with van der Waals surface area (Å²) in [4.78, 5) is 8.73. The zero-order valence-electron chi connectivity index (χ0n) is 12.5. The standard InChI is InChI=1S/C16H18N4O2/c1-2-21-16(7-3-4-8-16)15-18-14(19-22-15)12-5-6-13-9-17-11-20(13)10-12/h5-6,9-11H,2-4,7-8H2,1H3. The number of imidazole rings is 1. The normalized spacial score (nSPS) is 17.3. The molecule has 0 aliphatic heterocycles. The van der Waals surface area contributed by atoms with Crippen molar-refractivity contribution in [2.75, 3.05) is 6.61 Å². The number of fused-ring (bicyclic) bond motifs is 1. The molecule has 0 atom stereocenters. The lowest BCUT2D eigenvalue weighted by Gasteiger charge is -2.24. The van der Waals surface area contributed by atoms with Crippen molar-refractivity contribution in [3.63, 3.8) is 0 Å². The lowest BCUT2D eigenvalue weighted by atomic mass is 10.0. The van der Waals surface area contributed by atoms with E-state index in [2.05, 4.69) is 15.1 Å². The van der Waals surface area contributed by atoms with E-state index in [9.17, 15) is 0 Å². The second kappa shape index (κ2) is 5.21. The molecule has 3 aromatic heterocycles. The maximum atomic E-state index is 5.97. The molecule has 0 bridgehead atoms. The molecule has 0 radical (unpaired) electrons. The molecule has 0 spiro atoms. The molecule has 1 aliphatic carbocycles. The molecule has 6 nitrogen and oxygen atoms in total. The Bertz CT molecular complexity index is 786. The molecule has 3 heterocycles. The summed E-state index contributed by atoms with van der Waals surface area (Å²) in [5, 5.41) is 4.15. The fourth-order valence-electron chi connectivity index (χ4n) is 3.22. The van der Waals surface area contributed by atoms with E-state index in [0.717, 1.165) is 36.8 Å². The van der Waals surface area contributed by atoms with Crippen LogP contribution in [0, 0.1) is 0 Å². The molecule has 1 fully saturated rings. The minimum absolute atomic E-state index is 0.390. The van der Waals surface area contributed by atoms with Crippen molar-refractivity contribution in [3.8, 4) is 11.4 Å². The quantitative estimate of drug-likeness (QED) is 0.740. The van der Waals surface area contributed by atoms with Crippen molar-refractivity contribution in [1.82, 2.24) is 19.5 Å². The van der Waals surface area contributed by atoms with Crippen LogP contribution in [0.5, 0.6) is 0 Å². The van der Waals surface area contributed by atoms with Crippen molar-refractivity contribution < 1.29 is 9.26 Å². The van der Waals surface area contributed by atoms with Crippen LogP contribution in [0.1, 0.15) is 38.5 Å². The Kier molecular flexibility index (Phi) is 3.18. The van der Waals surface area contributed by atoms with E-state index in [0.29, 0.717) is 18.3 Å². The number of pyridine rings is 1. The third kappa shape index (κ3) is 2.11. The molecule has 0 unspecified atom stereocenters. The number of nitrogens with zero attached hydrogens (tertiary/aromatic N) is 4. The molecule has 114 valence electrons. The van der Waals surface area contributed by atoms with Gasteiger partial charge in [0.15, 0.2) is 0 Å².